The minimum absolute atomic E-state index is 0.166. The van der Waals surface area contributed by atoms with E-state index in [9.17, 15) is 9.59 Å². The monoisotopic (exact) mass is 250 g/mol. The van der Waals surface area contributed by atoms with Crippen molar-refractivity contribution in [3.63, 3.8) is 0 Å². The molecule has 0 aromatic carbocycles. The average molecular weight is 250 g/mol. The number of aromatic nitrogens is 1. The molecule has 1 aliphatic heterocycles. The second-order valence-corrected chi connectivity index (χ2v) is 4.81. The first-order valence-corrected chi connectivity index (χ1v) is 6.42. The molecule has 0 spiro atoms. The first-order valence-electron chi connectivity index (χ1n) is 5.61. The lowest BCUT2D eigenvalue weighted by Gasteiger charge is -2.10. The standard InChI is InChI=1S/C12H14N2O2S/c1-2-3-7-14-11(15)10(17-12(14)16)8-9-5-4-6-13-9/h4-6,8,13H,2-3,7H2,1H3/b10-8-. The maximum absolute atomic E-state index is 12.0. The van der Waals surface area contributed by atoms with Gasteiger partial charge in [-0.2, -0.15) is 0 Å². The SMILES string of the molecule is CCCCN1C(=O)S/C(=C\c2ccc[nH]2)C1=O. The molecule has 1 aliphatic rings. The van der Waals surface area contributed by atoms with Crippen LogP contribution in [0, 0.1) is 0 Å². The Balaban J connectivity index is 2.13. The summed E-state index contributed by atoms with van der Waals surface area (Å²) >= 11 is 1.01. The highest BCUT2D eigenvalue weighted by Gasteiger charge is 2.34. The highest BCUT2D eigenvalue weighted by atomic mass is 32.2. The summed E-state index contributed by atoms with van der Waals surface area (Å²) in [5, 5.41) is -0.166. The van der Waals surface area contributed by atoms with E-state index in [-0.39, 0.29) is 11.1 Å². The molecule has 0 aliphatic carbocycles. The smallest absolute Gasteiger partial charge is 0.293 e. The van der Waals surface area contributed by atoms with Gasteiger partial charge in [0.15, 0.2) is 0 Å². The Hall–Kier alpha value is -1.49. The van der Waals surface area contributed by atoms with Crippen molar-refractivity contribution in [1.29, 1.82) is 0 Å². The van der Waals surface area contributed by atoms with E-state index in [0.29, 0.717) is 11.4 Å². The number of hydrogen-bond donors (Lipinski definition) is 1. The zero-order chi connectivity index (χ0) is 12.3. The van der Waals surface area contributed by atoms with Crippen LogP contribution in [0.15, 0.2) is 23.2 Å². The van der Waals surface area contributed by atoms with E-state index in [0.717, 1.165) is 30.3 Å². The quantitative estimate of drug-likeness (QED) is 0.836. The van der Waals surface area contributed by atoms with Gasteiger partial charge in [-0.25, -0.2) is 0 Å². The van der Waals surface area contributed by atoms with Gasteiger partial charge < -0.3 is 4.98 Å². The number of unbranched alkanes of at least 4 members (excludes halogenated alkanes) is 1. The number of carbonyl (C=O) groups excluding carboxylic acids is 2. The zero-order valence-corrected chi connectivity index (χ0v) is 10.4. The van der Waals surface area contributed by atoms with E-state index in [1.54, 1.807) is 12.3 Å². The molecule has 4 nitrogen and oxygen atoms in total. The largest absolute Gasteiger partial charge is 0.362 e. The molecule has 0 atom stereocenters. The number of hydrogen-bond acceptors (Lipinski definition) is 3. The van der Waals surface area contributed by atoms with E-state index in [4.69, 9.17) is 0 Å². The molecule has 5 heteroatoms. The first kappa shape index (κ1) is 12.0. The summed E-state index contributed by atoms with van der Waals surface area (Å²) in [6.45, 7) is 2.55. The lowest BCUT2D eigenvalue weighted by atomic mass is 10.3. The third-order valence-corrected chi connectivity index (χ3v) is 3.42. The van der Waals surface area contributed by atoms with Crippen LogP contribution in [0.2, 0.25) is 0 Å². The molecule has 2 amide bonds. The minimum Gasteiger partial charge on any atom is -0.362 e. The van der Waals surface area contributed by atoms with Gasteiger partial charge in [-0.05, 0) is 36.4 Å². The number of nitrogens with one attached hydrogen (secondary N) is 1. The molecule has 1 aromatic heterocycles. The zero-order valence-electron chi connectivity index (χ0n) is 9.60. The molecular weight excluding hydrogens is 236 g/mol. The Morgan fingerprint density at radius 3 is 2.94 bits per heavy atom. The van der Waals surface area contributed by atoms with Gasteiger partial charge in [0, 0.05) is 18.4 Å². The van der Waals surface area contributed by atoms with Crippen molar-refractivity contribution in [3.8, 4) is 0 Å². The fourth-order valence-corrected chi connectivity index (χ4v) is 2.44. The predicted octanol–water partition coefficient (Wildman–Crippen LogP) is 2.85. The van der Waals surface area contributed by atoms with Crippen molar-refractivity contribution in [2.24, 2.45) is 0 Å². The van der Waals surface area contributed by atoms with E-state index in [2.05, 4.69) is 4.98 Å². The summed E-state index contributed by atoms with van der Waals surface area (Å²) in [4.78, 5) is 28.4. The van der Waals surface area contributed by atoms with Crippen molar-refractivity contribution in [1.82, 2.24) is 9.88 Å². The number of rotatable bonds is 4. The molecule has 17 heavy (non-hydrogen) atoms. The summed E-state index contributed by atoms with van der Waals surface area (Å²) in [7, 11) is 0. The summed E-state index contributed by atoms with van der Waals surface area (Å²) in [6.07, 6.45) is 5.33. The van der Waals surface area contributed by atoms with Crippen LogP contribution in [-0.4, -0.2) is 27.6 Å². The molecule has 90 valence electrons. The maximum Gasteiger partial charge on any atom is 0.293 e. The lowest BCUT2D eigenvalue weighted by Crippen LogP contribution is -2.29. The average Bonchev–Trinajstić information content (AvgIpc) is 2.89. The molecule has 0 bridgehead atoms. The van der Waals surface area contributed by atoms with Crippen molar-refractivity contribution < 1.29 is 9.59 Å². The maximum atomic E-state index is 12.0. The second-order valence-electron chi connectivity index (χ2n) is 3.81. The van der Waals surface area contributed by atoms with Crippen molar-refractivity contribution in [2.75, 3.05) is 6.54 Å². The van der Waals surface area contributed by atoms with Crippen LogP contribution >= 0.6 is 11.8 Å². The molecule has 0 unspecified atom stereocenters. The number of carbonyl (C=O) groups is 2. The molecule has 1 aromatic rings. The topological polar surface area (TPSA) is 53.2 Å². The number of thioether (sulfide) groups is 1. The van der Waals surface area contributed by atoms with Crippen LogP contribution in [0.1, 0.15) is 25.5 Å². The van der Waals surface area contributed by atoms with Gasteiger partial charge in [-0.1, -0.05) is 13.3 Å². The lowest BCUT2D eigenvalue weighted by molar-refractivity contribution is -0.122. The molecule has 1 saturated heterocycles. The molecule has 2 rings (SSSR count). The Labute approximate surface area is 104 Å². The third-order valence-electron chi connectivity index (χ3n) is 2.52. The van der Waals surface area contributed by atoms with Gasteiger partial charge in [0.2, 0.25) is 0 Å². The number of imide groups is 1. The Morgan fingerprint density at radius 1 is 1.47 bits per heavy atom. The fraction of sp³-hybridized carbons (Fsp3) is 0.333. The van der Waals surface area contributed by atoms with Crippen LogP contribution in [0.25, 0.3) is 6.08 Å². The van der Waals surface area contributed by atoms with Crippen molar-refractivity contribution >= 4 is 29.0 Å². The van der Waals surface area contributed by atoms with Gasteiger partial charge in [0.05, 0.1) is 4.91 Å². The Morgan fingerprint density at radius 2 is 2.29 bits per heavy atom. The van der Waals surface area contributed by atoms with Crippen LogP contribution in [0.4, 0.5) is 4.79 Å². The highest BCUT2D eigenvalue weighted by molar-refractivity contribution is 8.18. The number of aromatic amines is 1. The van der Waals surface area contributed by atoms with Crippen molar-refractivity contribution in [3.05, 3.63) is 28.9 Å². The molecule has 1 N–H and O–H groups in total. The van der Waals surface area contributed by atoms with Gasteiger partial charge in [0.25, 0.3) is 11.1 Å². The van der Waals surface area contributed by atoms with Crippen LogP contribution in [0.3, 0.4) is 0 Å². The van der Waals surface area contributed by atoms with Crippen LogP contribution in [0.5, 0.6) is 0 Å². The van der Waals surface area contributed by atoms with Crippen LogP contribution in [-0.2, 0) is 4.79 Å². The van der Waals surface area contributed by atoms with E-state index >= 15 is 0 Å². The van der Waals surface area contributed by atoms with Gasteiger partial charge in [0.1, 0.15) is 0 Å². The van der Waals surface area contributed by atoms with Gasteiger partial charge in [-0.15, -0.1) is 0 Å². The second kappa shape index (κ2) is 5.23. The minimum atomic E-state index is -0.178. The normalized spacial score (nSPS) is 18.4. The summed E-state index contributed by atoms with van der Waals surface area (Å²) < 4.78 is 0. The molecule has 0 radical (unpaired) electrons. The summed E-state index contributed by atoms with van der Waals surface area (Å²) in [5.41, 5.74) is 0.839. The number of amides is 2. The predicted molar refractivity (Wildman–Crippen MR) is 68.4 cm³/mol. The highest BCUT2D eigenvalue weighted by Crippen LogP contribution is 2.31. The molecule has 0 saturated carbocycles. The summed E-state index contributed by atoms with van der Waals surface area (Å²) in [5.74, 6) is -0.178. The Kier molecular flexibility index (Phi) is 3.68. The third kappa shape index (κ3) is 2.61. The summed E-state index contributed by atoms with van der Waals surface area (Å²) in [6, 6.07) is 3.72. The van der Waals surface area contributed by atoms with E-state index in [1.807, 2.05) is 19.1 Å². The molecule has 1 fully saturated rings. The fourth-order valence-electron chi connectivity index (χ4n) is 1.58. The molecule has 2 heterocycles. The van der Waals surface area contributed by atoms with E-state index in [1.165, 1.54) is 4.90 Å². The first-order chi connectivity index (χ1) is 8.22. The van der Waals surface area contributed by atoms with Gasteiger partial charge >= 0.3 is 0 Å². The van der Waals surface area contributed by atoms with Crippen LogP contribution < -0.4 is 0 Å². The number of nitrogens with zero attached hydrogens (tertiary/aromatic N) is 1. The van der Waals surface area contributed by atoms with E-state index < -0.39 is 0 Å². The van der Waals surface area contributed by atoms with Gasteiger partial charge in [-0.3, -0.25) is 14.5 Å². The van der Waals surface area contributed by atoms with Crippen molar-refractivity contribution in [2.45, 2.75) is 19.8 Å². The number of H-pyrrole nitrogens is 1. The Bertz CT molecular complexity index is 451. The molecular formula is C12H14N2O2S.